The first kappa shape index (κ1) is 16.7. The van der Waals surface area contributed by atoms with Gasteiger partial charge in [-0.2, -0.15) is 0 Å². The van der Waals surface area contributed by atoms with Crippen LogP contribution in [0.3, 0.4) is 0 Å². The summed E-state index contributed by atoms with van der Waals surface area (Å²) in [4.78, 5) is 29.0. The molecule has 4 N–H and O–H groups in total. The number of rotatable bonds is 3. The molecular formula is C18H22N6O2. The highest BCUT2D eigenvalue weighted by atomic mass is 16.2. The quantitative estimate of drug-likeness (QED) is 0.607. The maximum atomic E-state index is 12.5. The van der Waals surface area contributed by atoms with E-state index in [4.69, 9.17) is 0 Å². The molecule has 1 aliphatic heterocycles. The third-order valence-electron chi connectivity index (χ3n) is 5.16. The largest absolute Gasteiger partial charge is 0.295 e. The first-order valence-electron chi connectivity index (χ1n) is 8.93. The van der Waals surface area contributed by atoms with Gasteiger partial charge in [0.1, 0.15) is 11.7 Å². The minimum atomic E-state index is -0.411. The molecule has 2 fully saturated rings. The zero-order chi connectivity index (χ0) is 17.9. The maximum absolute atomic E-state index is 12.5. The molecule has 1 saturated heterocycles. The highest BCUT2D eigenvalue weighted by Crippen LogP contribution is 2.29. The van der Waals surface area contributed by atoms with E-state index in [1.54, 1.807) is 10.9 Å². The summed E-state index contributed by atoms with van der Waals surface area (Å²) in [5.41, 5.74) is 12.5. The van der Waals surface area contributed by atoms with Crippen molar-refractivity contribution in [2.24, 2.45) is 5.92 Å². The van der Waals surface area contributed by atoms with E-state index >= 15 is 0 Å². The summed E-state index contributed by atoms with van der Waals surface area (Å²) in [7, 11) is 0. The number of para-hydroxylation sites is 1. The van der Waals surface area contributed by atoms with Crippen LogP contribution in [0.25, 0.3) is 5.69 Å². The number of fused-ring (bicyclic) bond motifs is 1. The molecule has 1 aromatic heterocycles. The van der Waals surface area contributed by atoms with Crippen LogP contribution < -0.4 is 21.7 Å². The van der Waals surface area contributed by atoms with E-state index in [1.807, 2.05) is 30.3 Å². The number of amides is 2. The average Bonchev–Trinajstić information content (AvgIpc) is 3.33. The molecule has 0 radical (unpaired) electrons. The summed E-state index contributed by atoms with van der Waals surface area (Å²) >= 11 is 0. The van der Waals surface area contributed by atoms with Gasteiger partial charge in [0.05, 0.1) is 12.5 Å². The third kappa shape index (κ3) is 3.21. The van der Waals surface area contributed by atoms with Crippen molar-refractivity contribution < 1.29 is 9.59 Å². The fourth-order valence-corrected chi connectivity index (χ4v) is 3.82. The van der Waals surface area contributed by atoms with Crippen molar-refractivity contribution in [3.63, 3.8) is 0 Å². The van der Waals surface area contributed by atoms with Crippen LogP contribution in [0.5, 0.6) is 0 Å². The summed E-state index contributed by atoms with van der Waals surface area (Å²) in [6.07, 6.45) is 7.45. The number of benzene rings is 1. The van der Waals surface area contributed by atoms with Crippen molar-refractivity contribution in [2.75, 3.05) is 0 Å². The second-order valence-electron chi connectivity index (χ2n) is 6.75. The van der Waals surface area contributed by atoms with Gasteiger partial charge in [-0.05, 0) is 25.0 Å². The van der Waals surface area contributed by atoms with E-state index in [0.29, 0.717) is 11.7 Å². The van der Waals surface area contributed by atoms with Gasteiger partial charge in [-0.15, -0.1) is 0 Å². The van der Waals surface area contributed by atoms with E-state index in [-0.39, 0.29) is 17.9 Å². The molecule has 1 aliphatic carbocycles. The fraction of sp³-hybridized carbons (Fsp3) is 0.389. The Morgan fingerprint density at radius 3 is 2.73 bits per heavy atom. The summed E-state index contributed by atoms with van der Waals surface area (Å²) in [6.45, 7) is 0. The number of hydrogen-bond donors (Lipinski definition) is 4. The standard InChI is InChI=1S/C18H22N6O2/c25-17(15-10-19-11-24(15)12-6-2-1-3-7-12)22-23-18(26)16-13-8-4-5-9-14(13)20-21-16/h1-3,6-7,10-11,13-14,16,20-21H,4-5,8-9H2,(H,22,25)(H,23,26). The van der Waals surface area contributed by atoms with E-state index in [2.05, 4.69) is 26.7 Å². The summed E-state index contributed by atoms with van der Waals surface area (Å²) < 4.78 is 1.67. The Bertz CT molecular complexity index is 790. The Balaban J connectivity index is 1.39. The van der Waals surface area contributed by atoms with Crippen LogP contribution in [0, 0.1) is 5.92 Å². The van der Waals surface area contributed by atoms with Gasteiger partial charge in [0.15, 0.2) is 0 Å². The first-order chi connectivity index (χ1) is 12.7. The van der Waals surface area contributed by atoms with Crippen molar-refractivity contribution >= 4 is 11.8 Å². The minimum absolute atomic E-state index is 0.231. The smallest absolute Gasteiger partial charge is 0.288 e. The number of imidazole rings is 1. The van der Waals surface area contributed by atoms with Gasteiger partial charge in [0.2, 0.25) is 0 Å². The molecule has 136 valence electrons. The topological polar surface area (TPSA) is 100 Å². The number of carbonyl (C=O) groups is 2. The third-order valence-corrected chi connectivity index (χ3v) is 5.16. The van der Waals surface area contributed by atoms with Gasteiger partial charge < -0.3 is 0 Å². The molecule has 2 amide bonds. The lowest BCUT2D eigenvalue weighted by molar-refractivity contribution is -0.124. The lowest BCUT2D eigenvalue weighted by Gasteiger charge is -2.26. The summed E-state index contributed by atoms with van der Waals surface area (Å²) in [6, 6.07) is 9.44. The molecule has 8 nitrogen and oxygen atoms in total. The molecule has 0 bridgehead atoms. The molecule has 3 unspecified atom stereocenters. The predicted molar refractivity (Wildman–Crippen MR) is 95.0 cm³/mol. The number of aromatic nitrogens is 2. The lowest BCUT2D eigenvalue weighted by Crippen LogP contribution is -2.52. The molecule has 2 aromatic rings. The predicted octanol–water partition coefficient (Wildman–Crippen LogP) is 0.669. The van der Waals surface area contributed by atoms with Crippen LogP contribution in [0.4, 0.5) is 0 Å². The molecule has 3 atom stereocenters. The fourth-order valence-electron chi connectivity index (χ4n) is 3.82. The Morgan fingerprint density at radius 1 is 1.08 bits per heavy atom. The van der Waals surface area contributed by atoms with E-state index < -0.39 is 5.91 Å². The van der Waals surface area contributed by atoms with E-state index in [1.165, 1.54) is 12.6 Å². The Kier molecular flexibility index (Phi) is 4.68. The number of hydrazine groups is 2. The molecule has 8 heteroatoms. The molecule has 26 heavy (non-hydrogen) atoms. The molecule has 0 spiro atoms. The zero-order valence-corrected chi connectivity index (χ0v) is 14.3. The van der Waals surface area contributed by atoms with Crippen LogP contribution in [-0.2, 0) is 4.79 Å². The Morgan fingerprint density at radius 2 is 1.88 bits per heavy atom. The molecule has 1 saturated carbocycles. The van der Waals surface area contributed by atoms with Gasteiger partial charge >= 0.3 is 0 Å². The molecular weight excluding hydrogens is 332 g/mol. The second kappa shape index (κ2) is 7.27. The number of carbonyl (C=O) groups excluding carboxylic acids is 2. The van der Waals surface area contributed by atoms with Gasteiger partial charge in [-0.1, -0.05) is 31.0 Å². The van der Waals surface area contributed by atoms with Crippen molar-refractivity contribution in [1.29, 1.82) is 0 Å². The lowest BCUT2D eigenvalue weighted by atomic mass is 9.81. The van der Waals surface area contributed by atoms with Gasteiger partial charge in [-0.3, -0.25) is 30.4 Å². The van der Waals surface area contributed by atoms with Crippen LogP contribution in [0.1, 0.15) is 36.2 Å². The maximum Gasteiger partial charge on any atom is 0.288 e. The Labute approximate surface area is 151 Å². The van der Waals surface area contributed by atoms with Crippen molar-refractivity contribution in [3.8, 4) is 5.69 Å². The summed E-state index contributed by atoms with van der Waals surface area (Å²) in [5, 5.41) is 0. The molecule has 4 rings (SSSR count). The molecule has 1 aromatic carbocycles. The normalized spacial score (nSPS) is 24.7. The van der Waals surface area contributed by atoms with Crippen LogP contribution in [-0.4, -0.2) is 33.4 Å². The zero-order valence-electron chi connectivity index (χ0n) is 14.3. The van der Waals surface area contributed by atoms with E-state index in [0.717, 1.165) is 24.9 Å². The summed E-state index contributed by atoms with van der Waals surface area (Å²) in [5.74, 6) is -0.382. The van der Waals surface area contributed by atoms with Crippen molar-refractivity contribution in [1.82, 2.24) is 31.3 Å². The second-order valence-corrected chi connectivity index (χ2v) is 6.75. The van der Waals surface area contributed by atoms with Crippen LogP contribution in [0.2, 0.25) is 0 Å². The SMILES string of the molecule is O=C(NNC(=O)C1NNC2CCCCC21)c1cncn1-c1ccccc1. The van der Waals surface area contributed by atoms with Crippen molar-refractivity contribution in [3.05, 3.63) is 48.5 Å². The minimum Gasteiger partial charge on any atom is -0.295 e. The number of hydrogen-bond acceptors (Lipinski definition) is 5. The van der Waals surface area contributed by atoms with E-state index in [9.17, 15) is 9.59 Å². The van der Waals surface area contributed by atoms with Crippen molar-refractivity contribution in [2.45, 2.75) is 37.8 Å². The first-order valence-corrected chi connectivity index (χ1v) is 8.93. The van der Waals surface area contributed by atoms with Gasteiger partial charge in [0, 0.05) is 17.6 Å². The average molecular weight is 354 g/mol. The number of nitrogens with zero attached hydrogens (tertiary/aromatic N) is 2. The highest BCUT2D eigenvalue weighted by Gasteiger charge is 2.41. The van der Waals surface area contributed by atoms with Crippen LogP contribution in [0.15, 0.2) is 42.9 Å². The van der Waals surface area contributed by atoms with Gasteiger partial charge in [-0.25, -0.2) is 10.4 Å². The Hall–Kier alpha value is -2.71. The number of nitrogens with one attached hydrogen (secondary N) is 4. The monoisotopic (exact) mass is 354 g/mol. The highest BCUT2D eigenvalue weighted by molar-refractivity contribution is 5.95. The molecule has 2 aliphatic rings. The van der Waals surface area contributed by atoms with Crippen LogP contribution >= 0.6 is 0 Å². The molecule has 2 heterocycles. The van der Waals surface area contributed by atoms with Gasteiger partial charge in [0.25, 0.3) is 11.8 Å².